The highest BCUT2D eigenvalue weighted by atomic mass is 35.5. The molecule has 2 N–H and O–H groups in total. The Labute approximate surface area is 107 Å². The summed E-state index contributed by atoms with van der Waals surface area (Å²) in [5.41, 5.74) is 1.10. The summed E-state index contributed by atoms with van der Waals surface area (Å²) in [6, 6.07) is 15.4. The lowest BCUT2D eigenvalue weighted by atomic mass is 10.1. The summed E-state index contributed by atoms with van der Waals surface area (Å²) in [6.45, 7) is 0. The Bertz CT molecular complexity index is 380. The molecule has 0 aliphatic heterocycles. The summed E-state index contributed by atoms with van der Waals surface area (Å²) in [4.78, 5) is 4.09. The van der Waals surface area contributed by atoms with Crippen LogP contribution in [-0.2, 0) is 6.42 Å². The minimum absolute atomic E-state index is 0. The molecule has 2 rings (SSSR count). The van der Waals surface area contributed by atoms with E-state index in [4.69, 9.17) is 0 Å². The van der Waals surface area contributed by atoms with Crippen LogP contribution in [0.15, 0.2) is 54.7 Å². The SMILES string of the molecule is Cl.OC(Cc1ccccc1)Nc1ccccn1. The van der Waals surface area contributed by atoms with Gasteiger partial charge in [-0.15, -0.1) is 12.4 Å². The number of halogens is 1. The first-order valence-corrected chi connectivity index (χ1v) is 5.24. The highest BCUT2D eigenvalue weighted by Gasteiger charge is 2.04. The number of pyridine rings is 1. The van der Waals surface area contributed by atoms with E-state index in [9.17, 15) is 5.11 Å². The lowest BCUT2D eigenvalue weighted by Crippen LogP contribution is -2.21. The summed E-state index contributed by atoms with van der Waals surface area (Å²) in [6.07, 6.45) is 1.65. The predicted octanol–water partition coefficient (Wildman–Crippen LogP) is 2.48. The van der Waals surface area contributed by atoms with Crippen LogP contribution in [0.2, 0.25) is 0 Å². The Morgan fingerprint density at radius 2 is 1.76 bits per heavy atom. The second-order valence-electron chi connectivity index (χ2n) is 3.56. The maximum absolute atomic E-state index is 9.80. The number of nitrogens with one attached hydrogen (secondary N) is 1. The van der Waals surface area contributed by atoms with Crippen LogP contribution in [0.1, 0.15) is 5.56 Å². The van der Waals surface area contributed by atoms with Crippen LogP contribution >= 0.6 is 12.4 Å². The fraction of sp³-hybridized carbons (Fsp3) is 0.154. The van der Waals surface area contributed by atoms with Crippen LogP contribution < -0.4 is 5.32 Å². The molecule has 0 spiro atoms. The summed E-state index contributed by atoms with van der Waals surface area (Å²) < 4.78 is 0. The van der Waals surface area contributed by atoms with Gasteiger partial charge in [0.15, 0.2) is 0 Å². The second kappa shape index (κ2) is 6.89. The molecule has 2 aromatic rings. The van der Waals surface area contributed by atoms with E-state index in [-0.39, 0.29) is 12.4 Å². The molecule has 1 unspecified atom stereocenters. The molecule has 0 bridgehead atoms. The monoisotopic (exact) mass is 250 g/mol. The van der Waals surface area contributed by atoms with E-state index in [1.807, 2.05) is 48.5 Å². The maximum atomic E-state index is 9.80. The van der Waals surface area contributed by atoms with Gasteiger partial charge in [-0.05, 0) is 17.7 Å². The zero-order chi connectivity index (χ0) is 11.2. The first-order chi connectivity index (χ1) is 7.84. The Hall–Kier alpha value is -1.58. The molecular weight excluding hydrogens is 236 g/mol. The Kier molecular flexibility index (Phi) is 5.46. The summed E-state index contributed by atoms with van der Waals surface area (Å²) in [5, 5.41) is 12.7. The van der Waals surface area contributed by atoms with Crippen LogP contribution in [0.25, 0.3) is 0 Å². The quantitative estimate of drug-likeness (QED) is 0.820. The highest BCUT2D eigenvalue weighted by molar-refractivity contribution is 5.85. The lowest BCUT2D eigenvalue weighted by Gasteiger charge is -2.13. The molecule has 0 saturated heterocycles. The smallest absolute Gasteiger partial charge is 0.129 e. The van der Waals surface area contributed by atoms with Crippen LogP contribution in [0, 0.1) is 0 Å². The number of nitrogens with zero attached hydrogens (tertiary/aromatic N) is 1. The van der Waals surface area contributed by atoms with Crippen molar-refractivity contribution in [3.63, 3.8) is 0 Å². The second-order valence-corrected chi connectivity index (χ2v) is 3.56. The number of hydrogen-bond acceptors (Lipinski definition) is 3. The third-order valence-corrected chi connectivity index (χ3v) is 2.25. The van der Waals surface area contributed by atoms with E-state index in [2.05, 4.69) is 10.3 Å². The largest absolute Gasteiger partial charge is 0.373 e. The number of aromatic nitrogens is 1. The van der Waals surface area contributed by atoms with E-state index in [1.165, 1.54) is 0 Å². The van der Waals surface area contributed by atoms with E-state index in [1.54, 1.807) is 6.20 Å². The molecule has 1 atom stereocenters. The van der Waals surface area contributed by atoms with Gasteiger partial charge in [0.2, 0.25) is 0 Å². The van der Waals surface area contributed by atoms with Gasteiger partial charge < -0.3 is 10.4 Å². The first-order valence-electron chi connectivity index (χ1n) is 5.24. The van der Waals surface area contributed by atoms with Crippen LogP contribution in [-0.4, -0.2) is 16.3 Å². The average Bonchev–Trinajstić information content (AvgIpc) is 2.31. The predicted molar refractivity (Wildman–Crippen MR) is 71.3 cm³/mol. The van der Waals surface area contributed by atoms with Gasteiger partial charge in [0, 0.05) is 12.6 Å². The number of aliphatic hydroxyl groups is 1. The summed E-state index contributed by atoms with van der Waals surface area (Å²) in [7, 11) is 0. The lowest BCUT2D eigenvalue weighted by molar-refractivity contribution is 0.203. The van der Waals surface area contributed by atoms with Gasteiger partial charge in [0.1, 0.15) is 12.0 Å². The minimum atomic E-state index is -0.614. The van der Waals surface area contributed by atoms with Crippen molar-refractivity contribution in [2.45, 2.75) is 12.6 Å². The van der Waals surface area contributed by atoms with Gasteiger partial charge in [-0.25, -0.2) is 4.98 Å². The van der Waals surface area contributed by atoms with E-state index in [0.717, 1.165) is 5.56 Å². The molecule has 3 nitrogen and oxygen atoms in total. The normalized spacial score (nSPS) is 11.4. The van der Waals surface area contributed by atoms with Crippen molar-refractivity contribution in [3.8, 4) is 0 Å². The number of anilines is 1. The van der Waals surface area contributed by atoms with Gasteiger partial charge in [-0.2, -0.15) is 0 Å². The molecule has 4 heteroatoms. The molecule has 1 heterocycles. The molecule has 1 aromatic carbocycles. The van der Waals surface area contributed by atoms with Crippen molar-refractivity contribution < 1.29 is 5.11 Å². The fourth-order valence-electron chi connectivity index (χ4n) is 1.51. The molecule has 0 saturated carbocycles. The van der Waals surface area contributed by atoms with Crippen molar-refractivity contribution >= 4 is 18.2 Å². The number of aliphatic hydroxyl groups excluding tert-OH is 1. The molecule has 17 heavy (non-hydrogen) atoms. The van der Waals surface area contributed by atoms with Crippen LogP contribution in [0.5, 0.6) is 0 Å². The molecule has 0 radical (unpaired) electrons. The molecule has 0 amide bonds. The maximum Gasteiger partial charge on any atom is 0.129 e. The molecule has 0 aliphatic carbocycles. The number of rotatable bonds is 4. The van der Waals surface area contributed by atoms with Gasteiger partial charge in [0.05, 0.1) is 0 Å². The number of hydrogen-bond donors (Lipinski definition) is 2. The highest BCUT2D eigenvalue weighted by Crippen LogP contribution is 2.06. The minimum Gasteiger partial charge on any atom is -0.373 e. The molecule has 1 aromatic heterocycles. The number of benzene rings is 1. The van der Waals surface area contributed by atoms with E-state index < -0.39 is 6.23 Å². The summed E-state index contributed by atoms with van der Waals surface area (Å²) in [5.74, 6) is 0.686. The van der Waals surface area contributed by atoms with Crippen molar-refractivity contribution in [1.82, 2.24) is 4.98 Å². The molecular formula is C13H15ClN2O. The Morgan fingerprint density at radius 3 is 2.41 bits per heavy atom. The van der Waals surface area contributed by atoms with E-state index in [0.29, 0.717) is 12.2 Å². The van der Waals surface area contributed by atoms with Gasteiger partial charge in [-0.3, -0.25) is 0 Å². The van der Waals surface area contributed by atoms with Gasteiger partial charge >= 0.3 is 0 Å². The van der Waals surface area contributed by atoms with Crippen molar-refractivity contribution in [3.05, 3.63) is 60.3 Å². The van der Waals surface area contributed by atoms with Crippen LogP contribution in [0.3, 0.4) is 0 Å². The summed E-state index contributed by atoms with van der Waals surface area (Å²) >= 11 is 0. The Morgan fingerprint density at radius 1 is 1.06 bits per heavy atom. The molecule has 0 fully saturated rings. The molecule has 90 valence electrons. The third kappa shape index (κ3) is 4.43. The van der Waals surface area contributed by atoms with Crippen molar-refractivity contribution in [1.29, 1.82) is 0 Å². The molecule has 0 aliphatic rings. The topological polar surface area (TPSA) is 45.1 Å². The van der Waals surface area contributed by atoms with Gasteiger partial charge in [-0.1, -0.05) is 36.4 Å². The fourth-order valence-corrected chi connectivity index (χ4v) is 1.51. The van der Waals surface area contributed by atoms with Crippen LogP contribution in [0.4, 0.5) is 5.82 Å². The van der Waals surface area contributed by atoms with Crippen molar-refractivity contribution in [2.75, 3.05) is 5.32 Å². The zero-order valence-corrected chi connectivity index (χ0v) is 10.1. The standard InChI is InChI=1S/C13H14N2O.ClH/c16-13(10-11-6-2-1-3-7-11)15-12-8-4-5-9-14-12;/h1-9,13,16H,10H2,(H,14,15);1H. The Balaban J connectivity index is 0.00000144. The van der Waals surface area contributed by atoms with Crippen molar-refractivity contribution in [2.24, 2.45) is 0 Å². The van der Waals surface area contributed by atoms with E-state index >= 15 is 0 Å². The third-order valence-electron chi connectivity index (χ3n) is 2.25. The van der Waals surface area contributed by atoms with Gasteiger partial charge in [0.25, 0.3) is 0 Å². The average molecular weight is 251 g/mol. The first kappa shape index (κ1) is 13.5. The zero-order valence-electron chi connectivity index (χ0n) is 9.28.